The van der Waals surface area contributed by atoms with Gasteiger partial charge in [0.05, 0.1) is 12.3 Å². The van der Waals surface area contributed by atoms with Crippen LogP contribution in [0, 0.1) is 5.82 Å². The van der Waals surface area contributed by atoms with Crippen LogP contribution in [-0.4, -0.2) is 32.1 Å². The smallest absolute Gasteiger partial charge is 0.272 e. The first kappa shape index (κ1) is 21.8. The van der Waals surface area contributed by atoms with Crippen molar-refractivity contribution < 1.29 is 22.6 Å². The summed E-state index contributed by atoms with van der Waals surface area (Å²) in [5, 5.41) is 3.07. The maximum atomic E-state index is 14.5. The molecule has 28 heavy (non-hydrogen) atoms. The van der Waals surface area contributed by atoms with E-state index in [9.17, 15) is 13.2 Å². The van der Waals surface area contributed by atoms with Crippen molar-refractivity contribution in [2.24, 2.45) is 10.7 Å². The number of nitrogens with one attached hydrogen (secondary N) is 1. The monoisotopic (exact) mass is 415 g/mol. The predicted molar refractivity (Wildman–Crippen MR) is 105 cm³/mol. The number of rotatable bonds is 6. The summed E-state index contributed by atoms with van der Waals surface area (Å²) < 4.78 is 49.9. The van der Waals surface area contributed by atoms with E-state index in [1.807, 2.05) is 0 Å². The average Bonchev–Trinajstić information content (AvgIpc) is 2.62. The minimum Gasteiger partial charge on any atom is -0.485 e. The van der Waals surface area contributed by atoms with Crippen molar-refractivity contribution in [2.75, 3.05) is 25.1 Å². The van der Waals surface area contributed by atoms with E-state index in [1.165, 1.54) is 6.07 Å². The van der Waals surface area contributed by atoms with Crippen LogP contribution in [-0.2, 0) is 10.3 Å². The summed E-state index contributed by atoms with van der Waals surface area (Å²) in [6.07, 6.45) is -2.58. The number of nitrogens with two attached hydrogens (primary N) is 1. The van der Waals surface area contributed by atoms with E-state index >= 15 is 0 Å². The Balaban J connectivity index is 0.00000280. The van der Waals surface area contributed by atoms with E-state index in [1.54, 1.807) is 43.3 Å². The molecule has 0 radical (unpaired) electrons. The summed E-state index contributed by atoms with van der Waals surface area (Å²) >= 11 is 0. The molecule has 3 rings (SSSR count). The topological polar surface area (TPSA) is 68.9 Å². The Morgan fingerprint density at radius 3 is 2.75 bits per heavy atom. The lowest BCUT2D eigenvalue weighted by Crippen LogP contribution is -2.38. The average molecular weight is 416 g/mol. The molecule has 0 aromatic heterocycles. The second-order valence-corrected chi connectivity index (χ2v) is 6.39. The quantitative estimate of drug-likeness (QED) is 0.740. The van der Waals surface area contributed by atoms with Gasteiger partial charge >= 0.3 is 0 Å². The molecule has 152 valence electrons. The number of hydrogen-bond acceptors (Lipinski definition) is 5. The van der Waals surface area contributed by atoms with Gasteiger partial charge in [-0.05, 0) is 37.3 Å². The molecule has 0 aliphatic carbocycles. The summed E-state index contributed by atoms with van der Waals surface area (Å²) in [4.78, 5) is 4.35. The molecule has 0 bridgehead atoms. The highest BCUT2D eigenvalue weighted by molar-refractivity contribution is 5.85. The summed E-state index contributed by atoms with van der Waals surface area (Å²) in [6, 6.07) is 11.1. The highest BCUT2D eigenvalue weighted by Crippen LogP contribution is 2.34. The molecule has 1 aliphatic rings. The summed E-state index contributed by atoms with van der Waals surface area (Å²) in [6.45, 7) is 1.43. The van der Waals surface area contributed by atoms with Crippen LogP contribution in [0.25, 0.3) is 0 Å². The normalized spacial score (nSPS) is 19.0. The largest absolute Gasteiger partial charge is 0.485 e. The SMILES string of the molecule is C[C@@]1(c2cc(Nc3ccccc3OCC(F)F)ccc2F)COCC(N)=N1.Cl. The number of ether oxygens (including phenoxy) is 2. The van der Waals surface area contributed by atoms with Crippen LogP contribution < -0.4 is 15.8 Å². The summed E-state index contributed by atoms with van der Waals surface area (Å²) in [7, 11) is 0. The van der Waals surface area contributed by atoms with Crippen molar-refractivity contribution in [3.8, 4) is 5.75 Å². The number of para-hydroxylation sites is 2. The Kier molecular flexibility index (Phi) is 7.15. The number of halogens is 4. The van der Waals surface area contributed by atoms with Gasteiger partial charge in [0.25, 0.3) is 6.43 Å². The van der Waals surface area contributed by atoms with Gasteiger partial charge in [0, 0.05) is 11.3 Å². The van der Waals surface area contributed by atoms with Gasteiger partial charge in [-0.1, -0.05) is 12.1 Å². The molecule has 1 atom stereocenters. The van der Waals surface area contributed by atoms with Crippen LogP contribution >= 0.6 is 12.4 Å². The number of alkyl halides is 2. The third-order valence-electron chi connectivity index (χ3n) is 4.10. The van der Waals surface area contributed by atoms with Crippen molar-refractivity contribution >= 4 is 29.6 Å². The lowest BCUT2D eigenvalue weighted by atomic mass is 9.91. The zero-order valence-electron chi connectivity index (χ0n) is 15.1. The Labute approximate surface area is 167 Å². The first-order valence-corrected chi connectivity index (χ1v) is 8.36. The third kappa shape index (κ3) is 5.08. The molecule has 0 saturated carbocycles. The Morgan fingerprint density at radius 2 is 2.04 bits per heavy atom. The molecule has 9 heteroatoms. The van der Waals surface area contributed by atoms with Crippen LogP contribution in [0.15, 0.2) is 47.5 Å². The van der Waals surface area contributed by atoms with E-state index in [0.29, 0.717) is 22.8 Å². The van der Waals surface area contributed by atoms with Gasteiger partial charge in [-0.25, -0.2) is 13.2 Å². The van der Waals surface area contributed by atoms with Crippen molar-refractivity contribution in [1.29, 1.82) is 0 Å². The molecule has 1 aliphatic heterocycles. The molecule has 0 spiro atoms. The Hall–Kier alpha value is -2.45. The molecule has 0 unspecified atom stereocenters. The van der Waals surface area contributed by atoms with Gasteiger partial charge in [-0.3, -0.25) is 4.99 Å². The maximum Gasteiger partial charge on any atom is 0.272 e. The zero-order valence-corrected chi connectivity index (χ0v) is 15.9. The Bertz CT molecular complexity index is 851. The van der Waals surface area contributed by atoms with Gasteiger partial charge in [0.1, 0.15) is 36.2 Å². The highest BCUT2D eigenvalue weighted by atomic mass is 35.5. The number of aliphatic imine (C=N–C) groups is 1. The molecule has 0 amide bonds. The first-order valence-electron chi connectivity index (χ1n) is 8.36. The maximum absolute atomic E-state index is 14.5. The van der Waals surface area contributed by atoms with E-state index < -0.39 is 24.4 Å². The number of benzene rings is 2. The molecule has 0 saturated heterocycles. The molecule has 2 aromatic rings. The molecule has 5 nitrogen and oxygen atoms in total. The van der Waals surface area contributed by atoms with Crippen molar-refractivity contribution in [2.45, 2.75) is 18.9 Å². The van der Waals surface area contributed by atoms with Gasteiger partial charge in [-0.2, -0.15) is 0 Å². The fourth-order valence-electron chi connectivity index (χ4n) is 2.89. The zero-order chi connectivity index (χ0) is 19.4. The van der Waals surface area contributed by atoms with E-state index in [4.69, 9.17) is 15.2 Å². The van der Waals surface area contributed by atoms with Gasteiger partial charge in [0.2, 0.25) is 0 Å². The lowest BCUT2D eigenvalue weighted by molar-refractivity contribution is 0.0823. The lowest BCUT2D eigenvalue weighted by Gasteiger charge is -2.30. The van der Waals surface area contributed by atoms with Crippen molar-refractivity contribution in [3.63, 3.8) is 0 Å². The standard InChI is InChI=1S/C19H20F3N3O2.ClH/c1-19(11-26-10-18(23)25-19)13-8-12(6-7-14(13)20)24-15-4-2-3-5-16(15)27-9-17(21)22;/h2-8,17,24H,9-11H2,1H3,(H2,23,25);1H/t19-;/m0./s1. The number of nitrogens with zero attached hydrogens (tertiary/aromatic N) is 1. The number of amidine groups is 1. The van der Waals surface area contributed by atoms with Gasteiger partial charge in [0.15, 0.2) is 0 Å². The molecular formula is C19H21ClF3N3O2. The van der Waals surface area contributed by atoms with Crippen LogP contribution in [0.5, 0.6) is 5.75 Å². The van der Waals surface area contributed by atoms with E-state index in [-0.39, 0.29) is 31.4 Å². The van der Waals surface area contributed by atoms with E-state index in [2.05, 4.69) is 10.3 Å². The van der Waals surface area contributed by atoms with Crippen LogP contribution in [0.2, 0.25) is 0 Å². The second kappa shape index (κ2) is 9.16. The minimum absolute atomic E-state index is 0. The molecule has 1 heterocycles. The minimum atomic E-state index is -2.58. The fraction of sp³-hybridized carbons (Fsp3) is 0.316. The first-order chi connectivity index (χ1) is 12.9. The molecule has 0 fully saturated rings. The van der Waals surface area contributed by atoms with E-state index in [0.717, 1.165) is 0 Å². The molecule has 3 N–H and O–H groups in total. The highest BCUT2D eigenvalue weighted by Gasteiger charge is 2.32. The molecular weight excluding hydrogens is 395 g/mol. The van der Waals surface area contributed by atoms with Crippen molar-refractivity contribution in [3.05, 3.63) is 53.8 Å². The van der Waals surface area contributed by atoms with Crippen LogP contribution in [0.4, 0.5) is 24.5 Å². The molecule has 2 aromatic carbocycles. The van der Waals surface area contributed by atoms with Crippen LogP contribution in [0.1, 0.15) is 12.5 Å². The Morgan fingerprint density at radius 1 is 1.29 bits per heavy atom. The van der Waals surface area contributed by atoms with Gasteiger partial charge < -0.3 is 20.5 Å². The number of anilines is 2. The predicted octanol–water partition coefficient (Wildman–Crippen LogP) is 4.24. The summed E-state index contributed by atoms with van der Waals surface area (Å²) in [5.74, 6) is 0.137. The third-order valence-corrected chi connectivity index (χ3v) is 4.10. The van der Waals surface area contributed by atoms with Gasteiger partial charge in [-0.15, -0.1) is 12.4 Å². The second-order valence-electron chi connectivity index (χ2n) is 6.39. The van der Waals surface area contributed by atoms with Crippen molar-refractivity contribution in [1.82, 2.24) is 0 Å². The van der Waals surface area contributed by atoms with Crippen LogP contribution in [0.3, 0.4) is 0 Å². The number of hydrogen-bond donors (Lipinski definition) is 2. The fourth-order valence-corrected chi connectivity index (χ4v) is 2.89. The summed E-state index contributed by atoms with van der Waals surface area (Å²) in [5.41, 5.74) is 6.16.